The summed E-state index contributed by atoms with van der Waals surface area (Å²) in [5.41, 5.74) is -1.27. The molecule has 22 nitrogen and oxygen atoms in total. The van der Waals surface area contributed by atoms with Gasteiger partial charge in [0.1, 0.15) is 0 Å². The van der Waals surface area contributed by atoms with Gasteiger partial charge in [0.15, 0.2) is 23.0 Å². The Labute approximate surface area is 595 Å². The lowest BCUT2D eigenvalue weighted by atomic mass is 9.75. The highest BCUT2D eigenvalue weighted by atomic mass is 16.9. The largest absolute Gasteiger partial charge is 0.489 e. The molecule has 0 aliphatic heterocycles. The summed E-state index contributed by atoms with van der Waals surface area (Å²) in [6.45, 7) is 41.7. The summed E-state index contributed by atoms with van der Waals surface area (Å²) in [6, 6.07) is 0. The van der Waals surface area contributed by atoms with E-state index in [1.54, 1.807) is 0 Å². The first kappa shape index (κ1) is 89.3. The Balaban J connectivity index is 3.95. The lowest BCUT2D eigenvalue weighted by Crippen LogP contribution is -2.47. The van der Waals surface area contributed by atoms with Crippen molar-refractivity contribution in [2.75, 3.05) is 119 Å². The number of carbonyl (C=O) groups is 2. The van der Waals surface area contributed by atoms with E-state index in [1.165, 1.54) is 0 Å². The Morgan fingerprint density at radius 1 is 0.232 bits per heavy atom. The molecule has 0 aliphatic rings. The van der Waals surface area contributed by atoms with E-state index in [4.69, 9.17) is 94.7 Å². The van der Waals surface area contributed by atoms with Crippen LogP contribution in [0.5, 0.6) is 57.5 Å². The molecule has 0 unspecified atom stereocenters. The normalized spacial score (nSPS) is 11.6. The van der Waals surface area contributed by atoms with Gasteiger partial charge in [0.05, 0.1) is 130 Å². The topological polar surface area (TPSA) is 219 Å². The summed E-state index contributed by atoms with van der Waals surface area (Å²) >= 11 is 0. The maximum atomic E-state index is 16.2. The van der Waals surface area contributed by atoms with Crippen LogP contribution in [0.3, 0.4) is 0 Å². The third-order valence-corrected chi connectivity index (χ3v) is 14.0. The van der Waals surface area contributed by atoms with Gasteiger partial charge in [0, 0.05) is 5.41 Å². The first-order valence-corrected chi connectivity index (χ1v) is 37.8. The van der Waals surface area contributed by atoms with E-state index in [2.05, 4.69) is 0 Å². The van der Waals surface area contributed by atoms with Crippen molar-refractivity contribution in [2.24, 2.45) is 0 Å². The van der Waals surface area contributed by atoms with Gasteiger partial charge in [-0.1, -0.05) is 138 Å². The minimum Gasteiger partial charge on any atom is -0.489 e. The Hall–Kier alpha value is -5.78. The second-order valence-corrected chi connectivity index (χ2v) is 24.2. The van der Waals surface area contributed by atoms with Gasteiger partial charge in [-0.05, 0) is 116 Å². The van der Waals surface area contributed by atoms with E-state index in [9.17, 15) is 0 Å². The molecule has 2 aromatic carbocycles. The summed E-state index contributed by atoms with van der Waals surface area (Å²) < 4.78 is 136. The smallest absolute Gasteiger partial charge is 0.355 e. The monoisotopic (exact) mass is 1410 g/mol. The maximum Gasteiger partial charge on any atom is 0.355 e. The average Bonchev–Trinajstić information content (AvgIpc) is 0.718. The van der Waals surface area contributed by atoms with E-state index in [-0.39, 0.29) is 199 Å². The van der Waals surface area contributed by atoms with E-state index in [1.807, 2.05) is 138 Å². The summed E-state index contributed by atoms with van der Waals surface area (Å²) in [5, 5.41) is 0. The van der Waals surface area contributed by atoms with Crippen molar-refractivity contribution >= 4 is 11.9 Å². The standard InChI is InChI=1S/C77H132O22/c1-21-39-80-61-57(62(81-40-22-2)66(85-44-26-6)69(65(61)84-43-25-5)98-71(78)59(73(88-47-29-9)89-48-30-10)76(92-51-33-13,93-52-34-14)94-53-35-15)75(19,20)58-63(82-41-23-3)67(86-45-27-7)70(68(87-46-28-8)64(58)83-42-24-4)99-72(79)60(74(90-49-31-11)91-50-32-12)77(95-54-36-16,96-55-37-17)97-56-38-18/h21-56H2,1-20H3. The number of hydrogen-bond donors (Lipinski definition) is 0. The number of esters is 2. The number of benzene rings is 2. The highest BCUT2D eigenvalue weighted by molar-refractivity contribution is 5.95. The fourth-order valence-corrected chi connectivity index (χ4v) is 9.64. The van der Waals surface area contributed by atoms with Crippen molar-refractivity contribution in [1.29, 1.82) is 0 Å². The minimum atomic E-state index is -2.18. The summed E-state index contributed by atoms with van der Waals surface area (Å²) in [6.07, 6.45) is 9.69. The van der Waals surface area contributed by atoms with E-state index >= 15 is 9.59 Å². The van der Waals surface area contributed by atoms with Crippen LogP contribution in [0.15, 0.2) is 23.0 Å². The van der Waals surface area contributed by atoms with Crippen molar-refractivity contribution in [3.63, 3.8) is 0 Å². The fraction of sp³-hybridized carbons (Fsp3) is 0.766. The van der Waals surface area contributed by atoms with Crippen LogP contribution in [0.4, 0.5) is 0 Å². The first-order chi connectivity index (χ1) is 48.0. The second kappa shape index (κ2) is 51.4. The van der Waals surface area contributed by atoms with Gasteiger partial charge in [-0.2, -0.15) is 0 Å². The molecule has 0 saturated heterocycles. The molecule has 0 radical (unpaired) electrons. The van der Waals surface area contributed by atoms with Crippen LogP contribution in [0.1, 0.15) is 265 Å². The van der Waals surface area contributed by atoms with Crippen LogP contribution in [-0.4, -0.2) is 143 Å². The second-order valence-electron chi connectivity index (χ2n) is 24.2. The van der Waals surface area contributed by atoms with Crippen molar-refractivity contribution < 1.29 is 104 Å². The maximum absolute atomic E-state index is 16.2. The first-order valence-electron chi connectivity index (χ1n) is 37.8. The molecule has 0 fully saturated rings. The molecule has 0 spiro atoms. The van der Waals surface area contributed by atoms with Crippen LogP contribution in [0.2, 0.25) is 0 Å². The summed E-state index contributed by atoms with van der Waals surface area (Å²) in [4.78, 5) is 32.5. The number of hydrogen-bond acceptors (Lipinski definition) is 22. The lowest BCUT2D eigenvalue weighted by Gasteiger charge is -2.37. The summed E-state index contributed by atoms with van der Waals surface area (Å²) in [5.74, 6) is -6.41. The number of ether oxygens (including phenoxy) is 20. The van der Waals surface area contributed by atoms with E-state index < -0.39 is 29.3 Å². The molecule has 2 rings (SSSR count). The molecular weight excluding hydrogens is 1280 g/mol. The highest BCUT2D eigenvalue weighted by Gasteiger charge is 2.52. The fourth-order valence-electron chi connectivity index (χ4n) is 9.64. The molecule has 0 aliphatic carbocycles. The van der Waals surface area contributed by atoms with Gasteiger partial charge in [0.2, 0.25) is 45.6 Å². The zero-order valence-electron chi connectivity index (χ0n) is 64.9. The zero-order valence-corrected chi connectivity index (χ0v) is 64.9. The molecular formula is C77H132O22. The molecule has 0 amide bonds. The van der Waals surface area contributed by atoms with Crippen LogP contribution < -0.4 is 47.4 Å². The van der Waals surface area contributed by atoms with Gasteiger partial charge < -0.3 is 94.7 Å². The Morgan fingerprint density at radius 2 is 0.404 bits per heavy atom. The van der Waals surface area contributed by atoms with Crippen molar-refractivity contribution in [3.05, 3.63) is 34.2 Å². The number of rotatable bonds is 62. The molecule has 0 saturated carbocycles. The van der Waals surface area contributed by atoms with E-state index in [0.29, 0.717) is 127 Å². The Bertz CT molecular complexity index is 2290. The van der Waals surface area contributed by atoms with E-state index in [0.717, 1.165) is 0 Å². The summed E-state index contributed by atoms with van der Waals surface area (Å²) in [7, 11) is 0. The molecule has 22 heteroatoms. The predicted molar refractivity (Wildman–Crippen MR) is 385 cm³/mol. The predicted octanol–water partition coefficient (Wildman–Crippen LogP) is 18.1. The third-order valence-electron chi connectivity index (χ3n) is 14.0. The van der Waals surface area contributed by atoms with Crippen LogP contribution in [-0.2, 0) is 62.4 Å². The van der Waals surface area contributed by atoms with Crippen molar-refractivity contribution in [1.82, 2.24) is 0 Å². The van der Waals surface area contributed by atoms with Crippen LogP contribution in [0.25, 0.3) is 0 Å². The molecule has 0 heterocycles. The van der Waals surface area contributed by atoms with Gasteiger partial charge in [-0.25, -0.2) is 9.59 Å². The molecule has 0 atom stereocenters. The lowest BCUT2D eigenvalue weighted by molar-refractivity contribution is -0.358. The third kappa shape index (κ3) is 26.5. The molecule has 2 aromatic rings. The van der Waals surface area contributed by atoms with Gasteiger partial charge in [-0.15, -0.1) is 0 Å². The Morgan fingerprint density at radius 3 is 0.576 bits per heavy atom. The van der Waals surface area contributed by atoms with Crippen LogP contribution in [0, 0.1) is 0 Å². The highest BCUT2D eigenvalue weighted by Crippen LogP contribution is 2.64. The van der Waals surface area contributed by atoms with Gasteiger partial charge in [0.25, 0.3) is 11.9 Å². The molecule has 572 valence electrons. The minimum absolute atomic E-state index is 0.0168. The van der Waals surface area contributed by atoms with Crippen LogP contribution >= 0.6 is 0 Å². The average molecular weight is 1410 g/mol. The molecule has 0 N–H and O–H groups in total. The Kier molecular flexibility index (Phi) is 46.3. The molecule has 0 bridgehead atoms. The zero-order chi connectivity index (χ0) is 73.5. The van der Waals surface area contributed by atoms with Gasteiger partial charge in [-0.3, -0.25) is 0 Å². The van der Waals surface area contributed by atoms with Crippen molar-refractivity contribution in [3.8, 4) is 57.5 Å². The van der Waals surface area contributed by atoms with Gasteiger partial charge >= 0.3 is 23.9 Å². The number of carbonyl (C=O) groups excluding carboxylic acids is 2. The SMILES string of the molecule is CCCOC(OCCC)=C(C(=O)Oc1c(OCCC)c(OCCC)c(C(C)(C)c2c(OCCC)c(OCCC)c(OC(=O)C(=C(OCCC)OCCC)C(OCCC)(OCCC)OCCC)c(OCCC)c2OCCC)c(OCCC)c1OCCC)C(OCCC)(OCCC)OCCC. The molecule has 99 heavy (non-hydrogen) atoms. The van der Waals surface area contributed by atoms with Crippen molar-refractivity contribution in [2.45, 2.75) is 271 Å². The quantitative estimate of drug-likeness (QED) is 0.0198. The molecule has 0 aromatic heterocycles.